The lowest BCUT2D eigenvalue weighted by Gasteiger charge is -2.08. The lowest BCUT2D eigenvalue weighted by atomic mass is 9.98. The van der Waals surface area contributed by atoms with Crippen LogP contribution in [0.25, 0.3) is 11.4 Å². The zero-order valence-electron chi connectivity index (χ0n) is 14.4. The van der Waals surface area contributed by atoms with E-state index in [1.807, 2.05) is 64.1 Å². The zero-order valence-corrected chi connectivity index (χ0v) is 14.4. The highest BCUT2D eigenvalue weighted by molar-refractivity contribution is 5.97. The standard InChI is InChI=1S/C19H20N4O/c1-12-5-7-16(8-6-12)19-20-22-23(21-19)11-18(24)17-10-14(3)13(2)9-15(17)4/h5-10H,11H2,1-4H3. The molecule has 1 aromatic heterocycles. The number of aromatic nitrogens is 4. The minimum atomic E-state index is -0.0107. The van der Waals surface area contributed by atoms with Crippen LogP contribution in [0, 0.1) is 27.7 Å². The molecule has 5 nitrogen and oxygen atoms in total. The second-order valence-electron chi connectivity index (χ2n) is 6.18. The third-order valence-corrected chi connectivity index (χ3v) is 4.19. The van der Waals surface area contributed by atoms with Gasteiger partial charge in [0.1, 0.15) is 6.54 Å². The Morgan fingerprint density at radius 3 is 2.33 bits per heavy atom. The summed E-state index contributed by atoms with van der Waals surface area (Å²) in [6.45, 7) is 8.12. The Morgan fingerprint density at radius 1 is 0.958 bits per heavy atom. The third-order valence-electron chi connectivity index (χ3n) is 4.19. The van der Waals surface area contributed by atoms with Crippen LogP contribution < -0.4 is 0 Å². The Bertz CT molecular complexity index is 894. The second-order valence-corrected chi connectivity index (χ2v) is 6.18. The van der Waals surface area contributed by atoms with Gasteiger partial charge in [-0.1, -0.05) is 35.9 Å². The van der Waals surface area contributed by atoms with Gasteiger partial charge in [0.25, 0.3) is 0 Å². The van der Waals surface area contributed by atoms with Crippen molar-refractivity contribution in [1.29, 1.82) is 0 Å². The number of nitrogens with zero attached hydrogens (tertiary/aromatic N) is 4. The molecule has 0 amide bonds. The van der Waals surface area contributed by atoms with Crippen LogP contribution in [0.15, 0.2) is 36.4 Å². The van der Waals surface area contributed by atoms with Crippen molar-refractivity contribution in [2.45, 2.75) is 34.2 Å². The SMILES string of the molecule is Cc1ccc(-c2nnn(CC(=O)c3cc(C)c(C)cc3C)n2)cc1. The molecule has 2 aromatic carbocycles. The van der Waals surface area contributed by atoms with Crippen LogP contribution in [0.4, 0.5) is 0 Å². The van der Waals surface area contributed by atoms with E-state index in [1.54, 1.807) is 0 Å². The minimum absolute atomic E-state index is 0.0107. The molecule has 0 aliphatic rings. The van der Waals surface area contributed by atoms with Crippen LogP contribution in [0.3, 0.4) is 0 Å². The summed E-state index contributed by atoms with van der Waals surface area (Å²) in [4.78, 5) is 13.9. The molecule has 3 rings (SSSR count). The maximum Gasteiger partial charge on any atom is 0.204 e. The van der Waals surface area contributed by atoms with E-state index in [-0.39, 0.29) is 12.3 Å². The Morgan fingerprint density at radius 2 is 1.62 bits per heavy atom. The van der Waals surface area contributed by atoms with Crippen molar-refractivity contribution in [2.75, 3.05) is 0 Å². The molecule has 0 saturated heterocycles. The van der Waals surface area contributed by atoms with Crippen molar-refractivity contribution in [2.24, 2.45) is 0 Å². The molecule has 0 N–H and O–H groups in total. The molecule has 0 spiro atoms. The van der Waals surface area contributed by atoms with Gasteiger partial charge in [-0.2, -0.15) is 4.80 Å². The van der Waals surface area contributed by atoms with Crippen LogP contribution in [-0.4, -0.2) is 26.0 Å². The highest BCUT2D eigenvalue weighted by Gasteiger charge is 2.14. The first-order valence-corrected chi connectivity index (χ1v) is 7.90. The van der Waals surface area contributed by atoms with Crippen molar-refractivity contribution in [3.05, 3.63) is 64.2 Å². The summed E-state index contributed by atoms with van der Waals surface area (Å²) in [5, 5.41) is 12.4. The molecular weight excluding hydrogens is 300 g/mol. The van der Waals surface area contributed by atoms with Gasteiger partial charge in [0.2, 0.25) is 5.82 Å². The minimum Gasteiger partial charge on any atom is -0.292 e. The summed E-state index contributed by atoms with van der Waals surface area (Å²) >= 11 is 0. The molecule has 0 saturated carbocycles. The molecular formula is C19H20N4O. The Balaban J connectivity index is 1.81. The van der Waals surface area contributed by atoms with Crippen molar-refractivity contribution in [3.8, 4) is 11.4 Å². The molecule has 0 aliphatic heterocycles. The maximum absolute atomic E-state index is 12.6. The monoisotopic (exact) mass is 320 g/mol. The third kappa shape index (κ3) is 3.25. The van der Waals surface area contributed by atoms with Gasteiger partial charge in [-0.05, 0) is 55.7 Å². The van der Waals surface area contributed by atoms with Crippen LogP contribution >= 0.6 is 0 Å². The first kappa shape index (κ1) is 16.1. The van der Waals surface area contributed by atoms with Gasteiger partial charge in [-0.15, -0.1) is 10.2 Å². The number of tetrazole rings is 1. The van der Waals surface area contributed by atoms with Gasteiger partial charge in [0.15, 0.2) is 5.78 Å². The molecule has 5 heteroatoms. The number of carbonyl (C=O) groups is 1. The number of rotatable bonds is 4. The predicted molar refractivity (Wildman–Crippen MR) is 93.0 cm³/mol. The molecule has 0 radical (unpaired) electrons. The number of aryl methyl sites for hydroxylation is 4. The van der Waals surface area contributed by atoms with E-state index < -0.39 is 0 Å². The van der Waals surface area contributed by atoms with Gasteiger partial charge in [0.05, 0.1) is 0 Å². The first-order chi connectivity index (χ1) is 11.4. The van der Waals surface area contributed by atoms with E-state index in [1.165, 1.54) is 15.9 Å². The fourth-order valence-corrected chi connectivity index (χ4v) is 2.60. The van der Waals surface area contributed by atoms with E-state index in [0.29, 0.717) is 11.4 Å². The fraction of sp³-hybridized carbons (Fsp3) is 0.263. The van der Waals surface area contributed by atoms with Crippen LogP contribution in [0.1, 0.15) is 32.6 Å². The summed E-state index contributed by atoms with van der Waals surface area (Å²) in [6, 6.07) is 11.9. The lowest BCUT2D eigenvalue weighted by Crippen LogP contribution is -2.14. The van der Waals surface area contributed by atoms with Crippen molar-refractivity contribution >= 4 is 5.78 Å². The van der Waals surface area contributed by atoms with Crippen LogP contribution in [0.2, 0.25) is 0 Å². The number of benzene rings is 2. The van der Waals surface area contributed by atoms with E-state index in [9.17, 15) is 4.79 Å². The van der Waals surface area contributed by atoms with Crippen molar-refractivity contribution in [3.63, 3.8) is 0 Å². The van der Waals surface area contributed by atoms with Gasteiger partial charge in [-0.3, -0.25) is 4.79 Å². The smallest absolute Gasteiger partial charge is 0.204 e. The van der Waals surface area contributed by atoms with E-state index in [0.717, 1.165) is 16.7 Å². The molecule has 1 heterocycles. The lowest BCUT2D eigenvalue weighted by molar-refractivity contribution is 0.0960. The Labute approximate surface area is 141 Å². The molecule has 0 unspecified atom stereocenters. The molecule has 122 valence electrons. The molecule has 0 atom stereocenters. The topological polar surface area (TPSA) is 60.7 Å². The van der Waals surface area contributed by atoms with E-state index >= 15 is 0 Å². The second kappa shape index (κ2) is 6.35. The van der Waals surface area contributed by atoms with E-state index in [4.69, 9.17) is 0 Å². The Hall–Kier alpha value is -2.82. The summed E-state index contributed by atoms with van der Waals surface area (Å²) in [7, 11) is 0. The summed E-state index contributed by atoms with van der Waals surface area (Å²) in [5.41, 5.74) is 6.04. The first-order valence-electron chi connectivity index (χ1n) is 7.90. The van der Waals surface area contributed by atoms with Crippen LogP contribution in [0.5, 0.6) is 0 Å². The van der Waals surface area contributed by atoms with Gasteiger partial charge < -0.3 is 0 Å². The number of hydrogen-bond donors (Lipinski definition) is 0. The van der Waals surface area contributed by atoms with Crippen molar-refractivity contribution in [1.82, 2.24) is 20.2 Å². The van der Waals surface area contributed by atoms with Gasteiger partial charge in [-0.25, -0.2) is 0 Å². The largest absolute Gasteiger partial charge is 0.292 e. The normalized spacial score (nSPS) is 10.8. The van der Waals surface area contributed by atoms with Crippen LogP contribution in [-0.2, 0) is 6.54 Å². The maximum atomic E-state index is 12.6. The highest BCUT2D eigenvalue weighted by atomic mass is 16.1. The predicted octanol–water partition coefficient (Wildman–Crippen LogP) is 3.46. The molecule has 3 aromatic rings. The number of ketones is 1. The zero-order chi connectivity index (χ0) is 17.3. The molecule has 24 heavy (non-hydrogen) atoms. The van der Waals surface area contributed by atoms with Crippen molar-refractivity contribution < 1.29 is 4.79 Å². The quantitative estimate of drug-likeness (QED) is 0.691. The fourth-order valence-electron chi connectivity index (χ4n) is 2.60. The molecule has 0 fully saturated rings. The molecule has 0 bridgehead atoms. The van der Waals surface area contributed by atoms with Gasteiger partial charge in [0, 0.05) is 11.1 Å². The average Bonchev–Trinajstić information content (AvgIpc) is 3.00. The number of Topliss-reactive ketones (excluding diaryl/α,β-unsaturated/α-hetero) is 1. The summed E-state index contributed by atoms with van der Waals surface area (Å²) < 4.78 is 0. The highest BCUT2D eigenvalue weighted by Crippen LogP contribution is 2.17. The molecule has 0 aliphatic carbocycles. The summed E-state index contributed by atoms with van der Waals surface area (Å²) in [6.07, 6.45) is 0. The average molecular weight is 320 g/mol. The summed E-state index contributed by atoms with van der Waals surface area (Å²) in [5.74, 6) is 0.517. The van der Waals surface area contributed by atoms with E-state index in [2.05, 4.69) is 15.4 Å². The van der Waals surface area contributed by atoms with Gasteiger partial charge >= 0.3 is 0 Å². The number of hydrogen-bond acceptors (Lipinski definition) is 4. The Kier molecular flexibility index (Phi) is 4.25. The number of carbonyl (C=O) groups excluding carboxylic acids is 1.